The highest BCUT2D eigenvalue weighted by molar-refractivity contribution is 5.89. The number of piperazine rings is 1. The van der Waals surface area contributed by atoms with Crippen molar-refractivity contribution < 1.29 is 0 Å². The Hall–Kier alpha value is -2.88. The fraction of sp³-hybridized carbons (Fsp3) is 0.391. The number of aryl methyl sites for hydroxylation is 2. The molecule has 2 aromatic heterocycles. The summed E-state index contributed by atoms with van der Waals surface area (Å²) in [5, 5.41) is 14.4. The van der Waals surface area contributed by atoms with E-state index in [1.807, 2.05) is 12.4 Å². The highest BCUT2D eigenvalue weighted by Gasteiger charge is 2.15. The van der Waals surface area contributed by atoms with Gasteiger partial charge >= 0.3 is 0 Å². The third kappa shape index (κ3) is 4.26. The molecule has 3 heterocycles. The number of nitriles is 1. The minimum atomic E-state index is 0.593. The van der Waals surface area contributed by atoms with E-state index < -0.39 is 0 Å². The van der Waals surface area contributed by atoms with Gasteiger partial charge in [0.05, 0.1) is 11.3 Å². The summed E-state index contributed by atoms with van der Waals surface area (Å²) in [4.78, 5) is 12.5. The van der Waals surface area contributed by atoms with Crippen LogP contribution in [0.1, 0.15) is 23.1 Å². The Bertz CT molecular complexity index is 1020. The molecule has 0 bridgehead atoms. The minimum Gasteiger partial charge on any atom is -0.361 e. The number of anilines is 2. The highest BCUT2D eigenvalue weighted by Crippen LogP contribution is 2.30. The lowest BCUT2D eigenvalue weighted by Crippen LogP contribution is -2.44. The molecular weight excluding hydrogens is 360 g/mol. The van der Waals surface area contributed by atoms with Gasteiger partial charge < -0.3 is 20.1 Å². The predicted octanol–water partition coefficient (Wildman–Crippen LogP) is 3.67. The summed E-state index contributed by atoms with van der Waals surface area (Å²) in [6.07, 6.45) is 7.47. The van der Waals surface area contributed by atoms with E-state index in [0.29, 0.717) is 5.56 Å². The Morgan fingerprint density at radius 3 is 2.79 bits per heavy atom. The molecule has 1 aliphatic rings. The fourth-order valence-electron chi connectivity index (χ4n) is 4.04. The van der Waals surface area contributed by atoms with Gasteiger partial charge in [0, 0.05) is 61.4 Å². The third-order valence-corrected chi connectivity index (χ3v) is 5.92. The molecule has 150 valence electrons. The van der Waals surface area contributed by atoms with Crippen molar-refractivity contribution in [1.29, 1.82) is 5.26 Å². The first-order valence-corrected chi connectivity index (χ1v) is 10.3. The van der Waals surface area contributed by atoms with E-state index in [1.54, 1.807) is 6.20 Å². The monoisotopic (exact) mass is 388 g/mol. The Morgan fingerprint density at radius 2 is 2.00 bits per heavy atom. The molecule has 0 amide bonds. The molecule has 3 aromatic rings. The van der Waals surface area contributed by atoms with Crippen LogP contribution < -0.4 is 5.32 Å². The van der Waals surface area contributed by atoms with Crippen LogP contribution in [0.15, 0.2) is 36.8 Å². The van der Waals surface area contributed by atoms with Crippen LogP contribution in [0.3, 0.4) is 0 Å². The van der Waals surface area contributed by atoms with Crippen molar-refractivity contribution in [3.63, 3.8) is 0 Å². The number of rotatable bonds is 6. The van der Waals surface area contributed by atoms with Gasteiger partial charge in [0.1, 0.15) is 6.07 Å². The number of hydrogen-bond donors (Lipinski definition) is 2. The third-order valence-electron chi connectivity index (χ3n) is 5.92. The van der Waals surface area contributed by atoms with E-state index in [1.165, 1.54) is 10.9 Å². The van der Waals surface area contributed by atoms with Crippen LogP contribution in [0.4, 0.5) is 11.4 Å². The van der Waals surface area contributed by atoms with Crippen LogP contribution in [0.2, 0.25) is 0 Å². The zero-order valence-electron chi connectivity index (χ0n) is 17.2. The van der Waals surface area contributed by atoms with Crippen molar-refractivity contribution in [1.82, 2.24) is 19.8 Å². The Kier molecular flexibility index (Phi) is 5.79. The van der Waals surface area contributed by atoms with Gasteiger partial charge in [-0.3, -0.25) is 4.98 Å². The molecule has 0 aliphatic carbocycles. The maximum atomic E-state index is 9.64. The van der Waals surface area contributed by atoms with Crippen molar-refractivity contribution in [3.05, 3.63) is 53.5 Å². The molecule has 4 rings (SSSR count). The molecule has 0 radical (unpaired) electrons. The van der Waals surface area contributed by atoms with Gasteiger partial charge in [-0.05, 0) is 62.7 Å². The number of aromatic amines is 1. The standard InChI is InChI=1S/C23H28N6/c1-17-20-7-8-26-22(20)6-5-21(17)27-23-18(15-25-16-19(23)14-24)4-3-9-29-12-10-28(2)11-13-29/h5-8,15-16,26H,3-4,9-13H2,1-2H3,(H,25,27). The quantitative estimate of drug-likeness (QED) is 0.674. The number of nitrogens with one attached hydrogen (secondary N) is 2. The summed E-state index contributed by atoms with van der Waals surface area (Å²) >= 11 is 0. The van der Waals surface area contributed by atoms with E-state index in [9.17, 15) is 5.26 Å². The first kappa shape index (κ1) is 19.4. The Balaban J connectivity index is 1.51. The van der Waals surface area contributed by atoms with Crippen LogP contribution >= 0.6 is 0 Å². The number of pyridine rings is 1. The summed E-state index contributed by atoms with van der Waals surface area (Å²) in [6.45, 7) is 7.73. The number of nitrogens with zero attached hydrogens (tertiary/aromatic N) is 4. The lowest BCUT2D eigenvalue weighted by Gasteiger charge is -2.32. The van der Waals surface area contributed by atoms with Gasteiger partial charge in [-0.2, -0.15) is 5.26 Å². The molecule has 6 nitrogen and oxygen atoms in total. The van der Waals surface area contributed by atoms with Gasteiger partial charge in [-0.25, -0.2) is 0 Å². The number of benzene rings is 1. The Morgan fingerprint density at radius 1 is 1.17 bits per heavy atom. The smallest absolute Gasteiger partial charge is 0.103 e. The molecule has 1 aliphatic heterocycles. The average Bonchev–Trinajstić information content (AvgIpc) is 3.22. The van der Waals surface area contributed by atoms with Crippen molar-refractivity contribution in [3.8, 4) is 6.07 Å². The van der Waals surface area contributed by atoms with Gasteiger partial charge in [0.25, 0.3) is 0 Å². The second-order valence-corrected chi connectivity index (χ2v) is 7.88. The zero-order chi connectivity index (χ0) is 20.2. The predicted molar refractivity (Wildman–Crippen MR) is 118 cm³/mol. The van der Waals surface area contributed by atoms with Crippen molar-refractivity contribution in [2.24, 2.45) is 0 Å². The molecule has 0 saturated carbocycles. The normalized spacial score (nSPS) is 15.5. The maximum Gasteiger partial charge on any atom is 0.103 e. The number of fused-ring (bicyclic) bond motifs is 1. The number of H-pyrrole nitrogens is 1. The largest absolute Gasteiger partial charge is 0.361 e. The van der Waals surface area contributed by atoms with Gasteiger partial charge in [-0.1, -0.05) is 0 Å². The van der Waals surface area contributed by atoms with E-state index >= 15 is 0 Å². The van der Waals surface area contributed by atoms with Gasteiger partial charge in [0.2, 0.25) is 0 Å². The van der Waals surface area contributed by atoms with Gasteiger partial charge in [-0.15, -0.1) is 0 Å². The summed E-state index contributed by atoms with van der Waals surface area (Å²) in [5.41, 5.74) is 5.91. The number of aromatic nitrogens is 2. The SMILES string of the molecule is Cc1c(Nc2c(C#N)cncc2CCCN2CCN(C)CC2)ccc2[nH]ccc12. The Labute approximate surface area is 172 Å². The molecule has 1 fully saturated rings. The van der Waals surface area contributed by atoms with Crippen LogP contribution in [-0.4, -0.2) is 59.5 Å². The van der Waals surface area contributed by atoms with Gasteiger partial charge in [0.15, 0.2) is 0 Å². The lowest BCUT2D eigenvalue weighted by molar-refractivity contribution is 0.153. The number of hydrogen-bond acceptors (Lipinski definition) is 5. The molecule has 6 heteroatoms. The van der Waals surface area contributed by atoms with Crippen LogP contribution in [0, 0.1) is 18.3 Å². The fourth-order valence-corrected chi connectivity index (χ4v) is 4.04. The highest BCUT2D eigenvalue weighted by atomic mass is 15.2. The maximum absolute atomic E-state index is 9.64. The lowest BCUT2D eigenvalue weighted by atomic mass is 10.0. The van der Waals surface area contributed by atoms with E-state index in [-0.39, 0.29) is 0 Å². The molecule has 2 N–H and O–H groups in total. The van der Waals surface area contributed by atoms with Crippen LogP contribution in [0.5, 0.6) is 0 Å². The summed E-state index contributed by atoms with van der Waals surface area (Å²) in [6, 6.07) is 8.54. The second kappa shape index (κ2) is 8.64. The topological polar surface area (TPSA) is 71.0 Å². The van der Waals surface area contributed by atoms with Crippen LogP contribution in [0.25, 0.3) is 10.9 Å². The first-order chi connectivity index (χ1) is 14.2. The van der Waals surface area contributed by atoms with Crippen LogP contribution in [-0.2, 0) is 6.42 Å². The molecule has 0 atom stereocenters. The summed E-state index contributed by atoms with van der Waals surface area (Å²) in [7, 11) is 2.18. The minimum absolute atomic E-state index is 0.593. The van der Waals surface area contributed by atoms with Crippen molar-refractivity contribution >= 4 is 22.3 Å². The first-order valence-electron chi connectivity index (χ1n) is 10.3. The van der Waals surface area contributed by atoms with E-state index in [0.717, 1.165) is 68.0 Å². The van der Waals surface area contributed by atoms with Crippen molar-refractivity contribution in [2.45, 2.75) is 19.8 Å². The molecular formula is C23H28N6. The molecule has 0 unspecified atom stereocenters. The summed E-state index contributed by atoms with van der Waals surface area (Å²) < 4.78 is 0. The van der Waals surface area contributed by atoms with E-state index in [2.05, 4.69) is 63.3 Å². The molecule has 1 saturated heterocycles. The second-order valence-electron chi connectivity index (χ2n) is 7.88. The molecule has 29 heavy (non-hydrogen) atoms. The number of likely N-dealkylation sites (N-methyl/N-ethyl adjacent to an activating group) is 1. The van der Waals surface area contributed by atoms with E-state index in [4.69, 9.17) is 0 Å². The summed E-state index contributed by atoms with van der Waals surface area (Å²) in [5.74, 6) is 0. The molecule has 0 spiro atoms. The average molecular weight is 389 g/mol. The molecule has 1 aromatic carbocycles. The van der Waals surface area contributed by atoms with Crippen molar-refractivity contribution in [2.75, 3.05) is 45.1 Å². The zero-order valence-corrected chi connectivity index (χ0v) is 17.2.